The molecule has 0 amide bonds. The van der Waals surface area contributed by atoms with E-state index < -0.39 is 0 Å². The van der Waals surface area contributed by atoms with E-state index in [2.05, 4.69) is 155 Å². The smallest absolute Gasteiger partial charge is 0.159 e. The van der Waals surface area contributed by atoms with Gasteiger partial charge >= 0.3 is 0 Å². The van der Waals surface area contributed by atoms with Crippen LogP contribution in [0.2, 0.25) is 0 Å². The molecule has 10 aromatic rings. The van der Waals surface area contributed by atoms with E-state index >= 15 is 0 Å². The van der Waals surface area contributed by atoms with Crippen molar-refractivity contribution in [3.8, 4) is 5.69 Å². The van der Waals surface area contributed by atoms with Crippen molar-refractivity contribution in [2.75, 3.05) is 0 Å². The van der Waals surface area contributed by atoms with Gasteiger partial charge in [0, 0.05) is 67.6 Å². The number of hydrogen-bond donors (Lipinski definition) is 1. The molecule has 1 N–H and O–H groups in total. The molecule has 6 heteroatoms. The fourth-order valence-electron chi connectivity index (χ4n) is 8.94. The summed E-state index contributed by atoms with van der Waals surface area (Å²) in [5, 5.41) is 11.5. The second-order valence-corrected chi connectivity index (χ2v) is 17.0. The molecule has 0 radical (unpaired) electrons. The fraction of sp³-hybridized carbons (Fsp3) is 0.0588. The zero-order valence-corrected chi connectivity index (χ0v) is 32.4. The standard InChI is InChI=1S/C51H34N4S2/c1-3-13-31(14-4-1)49-52-50(32-15-5-2-6-16-32)54-51(53-49)33-25-27-44-40(29-33)39-21-11-20-38(48(39)57-44)37-19-12-24-46-47(37)41-30-34(26-28-45(41)56-46)55-42-22-9-7-17-35(42)36-18-8-10-23-43(36)55/h1-11,13-18,20-30,49H,12,19H2,(H,52,53,54). The highest BCUT2D eigenvalue weighted by atomic mass is 32.1. The average Bonchev–Trinajstić information content (AvgIpc) is 3.96. The van der Waals surface area contributed by atoms with E-state index in [-0.39, 0.29) is 6.17 Å². The summed E-state index contributed by atoms with van der Waals surface area (Å²) in [7, 11) is 0. The lowest BCUT2D eigenvalue weighted by Crippen LogP contribution is -2.33. The summed E-state index contributed by atoms with van der Waals surface area (Å²) < 4.78 is 7.78. The lowest BCUT2D eigenvalue weighted by Gasteiger charge is -2.23. The molecular weight excluding hydrogens is 733 g/mol. The van der Waals surface area contributed by atoms with E-state index in [1.807, 2.05) is 46.9 Å². The van der Waals surface area contributed by atoms with Crippen molar-refractivity contribution in [3.05, 3.63) is 196 Å². The number of amidine groups is 2. The van der Waals surface area contributed by atoms with Crippen molar-refractivity contribution in [1.82, 2.24) is 9.88 Å². The first-order valence-electron chi connectivity index (χ1n) is 19.5. The maximum absolute atomic E-state index is 5.12. The Balaban J connectivity index is 1.01. The zero-order chi connectivity index (χ0) is 37.5. The quantitative estimate of drug-likeness (QED) is 0.186. The molecule has 1 unspecified atom stereocenters. The topological polar surface area (TPSA) is 41.7 Å². The number of hydrogen-bond acceptors (Lipinski definition) is 5. The molecule has 270 valence electrons. The molecule has 1 aliphatic carbocycles. The van der Waals surface area contributed by atoms with Crippen LogP contribution in [-0.4, -0.2) is 16.2 Å². The van der Waals surface area contributed by atoms with Gasteiger partial charge < -0.3 is 9.88 Å². The van der Waals surface area contributed by atoms with Crippen LogP contribution < -0.4 is 15.1 Å². The van der Waals surface area contributed by atoms with Gasteiger partial charge in [-0.05, 0) is 78.1 Å². The molecule has 57 heavy (non-hydrogen) atoms. The van der Waals surface area contributed by atoms with Gasteiger partial charge in [-0.15, -0.1) is 22.7 Å². The number of para-hydroxylation sites is 2. The first kappa shape index (κ1) is 32.6. The molecule has 0 bridgehead atoms. The van der Waals surface area contributed by atoms with Crippen molar-refractivity contribution in [1.29, 1.82) is 0 Å². The van der Waals surface area contributed by atoms with Crippen LogP contribution in [0.25, 0.3) is 69.4 Å². The number of benzene rings is 7. The molecule has 0 fully saturated rings. The lowest BCUT2D eigenvalue weighted by atomic mass is 9.93. The van der Waals surface area contributed by atoms with Gasteiger partial charge in [0.15, 0.2) is 5.84 Å². The van der Waals surface area contributed by atoms with Gasteiger partial charge in [-0.25, -0.2) is 9.98 Å². The van der Waals surface area contributed by atoms with Gasteiger partial charge in [0.25, 0.3) is 0 Å². The van der Waals surface area contributed by atoms with Crippen molar-refractivity contribution in [3.63, 3.8) is 0 Å². The first-order valence-corrected chi connectivity index (χ1v) is 21.1. The van der Waals surface area contributed by atoms with Crippen LogP contribution in [0, 0.1) is 0 Å². The number of fused-ring (bicyclic) bond motifs is 9. The first-order chi connectivity index (χ1) is 28.2. The summed E-state index contributed by atoms with van der Waals surface area (Å²) in [6.07, 6.45) is 4.27. The van der Waals surface area contributed by atoms with Crippen LogP contribution in [0.1, 0.15) is 41.3 Å². The van der Waals surface area contributed by atoms with Crippen molar-refractivity contribution in [2.45, 2.75) is 19.0 Å². The van der Waals surface area contributed by atoms with Gasteiger partial charge in [-0.2, -0.15) is 0 Å². The summed E-state index contributed by atoms with van der Waals surface area (Å²) in [5.41, 5.74) is 9.64. The molecule has 0 saturated heterocycles. The lowest BCUT2D eigenvalue weighted by molar-refractivity contribution is 0.674. The molecule has 7 aromatic carbocycles. The van der Waals surface area contributed by atoms with Crippen molar-refractivity contribution >= 4 is 98.1 Å². The summed E-state index contributed by atoms with van der Waals surface area (Å²) >= 11 is 3.83. The molecule has 2 aliphatic rings. The average molecular weight is 767 g/mol. The molecule has 12 rings (SSSR count). The van der Waals surface area contributed by atoms with Crippen molar-refractivity contribution < 1.29 is 0 Å². The number of thiophene rings is 2. The van der Waals surface area contributed by atoms with Crippen LogP contribution in [0.5, 0.6) is 0 Å². The highest BCUT2D eigenvalue weighted by Gasteiger charge is 2.23. The predicted molar refractivity (Wildman–Crippen MR) is 243 cm³/mol. The van der Waals surface area contributed by atoms with E-state index in [1.165, 1.54) is 78.6 Å². The zero-order valence-electron chi connectivity index (χ0n) is 30.8. The molecule has 4 nitrogen and oxygen atoms in total. The molecule has 1 atom stereocenters. The molecule has 0 saturated carbocycles. The molecule has 3 aromatic heterocycles. The molecular formula is C51H34N4S2. The highest BCUT2D eigenvalue weighted by molar-refractivity contribution is 7.26. The third kappa shape index (κ3) is 5.25. The van der Waals surface area contributed by atoms with Gasteiger partial charge in [-0.1, -0.05) is 121 Å². The minimum absolute atomic E-state index is 0.236. The normalized spacial score (nSPS) is 15.5. The summed E-state index contributed by atoms with van der Waals surface area (Å²) in [5.74, 6) is 1.57. The number of nitrogens with zero attached hydrogens (tertiary/aromatic N) is 3. The third-order valence-electron chi connectivity index (χ3n) is 11.5. The Kier molecular flexibility index (Phi) is 7.43. The SMILES string of the molecule is C1=c2sc3ccc(-n4c5ccccc5c5ccccc54)cc3c2=C(c2cccc3c2sc2ccc(C4=NC(c5ccccc5)=NC(c5ccccc5)N4)cc23)CC1. The summed E-state index contributed by atoms with van der Waals surface area (Å²) in [6, 6.07) is 59.0. The van der Waals surface area contributed by atoms with Gasteiger partial charge in [0.05, 0.1) is 11.0 Å². The van der Waals surface area contributed by atoms with Crippen LogP contribution in [0.3, 0.4) is 0 Å². The van der Waals surface area contributed by atoms with Crippen LogP contribution in [0.4, 0.5) is 0 Å². The second-order valence-electron chi connectivity index (χ2n) is 14.8. The van der Waals surface area contributed by atoms with E-state index in [1.54, 1.807) is 0 Å². The fourth-order valence-corrected chi connectivity index (χ4v) is 11.3. The van der Waals surface area contributed by atoms with E-state index in [4.69, 9.17) is 9.98 Å². The minimum atomic E-state index is -0.236. The van der Waals surface area contributed by atoms with E-state index in [9.17, 15) is 0 Å². The monoisotopic (exact) mass is 766 g/mol. The summed E-state index contributed by atoms with van der Waals surface area (Å²) in [6.45, 7) is 0. The second kappa shape index (κ2) is 13.0. The molecule has 0 spiro atoms. The third-order valence-corrected chi connectivity index (χ3v) is 13.9. The molecule has 1 aliphatic heterocycles. The largest absolute Gasteiger partial charge is 0.344 e. The Morgan fingerprint density at radius 3 is 2.09 bits per heavy atom. The minimum Gasteiger partial charge on any atom is -0.344 e. The van der Waals surface area contributed by atoms with Crippen LogP contribution in [0.15, 0.2) is 174 Å². The van der Waals surface area contributed by atoms with E-state index in [0.29, 0.717) is 0 Å². The Hall–Kier alpha value is -6.60. The van der Waals surface area contributed by atoms with Crippen molar-refractivity contribution in [2.24, 2.45) is 9.98 Å². The van der Waals surface area contributed by atoms with Gasteiger partial charge in [0.2, 0.25) is 0 Å². The number of aromatic nitrogens is 1. The maximum atomic E-state index is 5.12. The number of aliphatic imine (C=N–C) groups is 2. The van der Waals surface area contributed by atoms with Gasteiger partial charge in [-0.3, -0.25) is 0 Å². The Morgan fingerprint density at radius 2 is 1.28 bits per heavy atom. The van der Waals surface area contributed by atoms with E-state index in [0.717, 1.165) is 41.2 Å². The number of nitrogens with one attached hydrogen (secondary N) is 1. The predicted octanol–water partition coefficient (Wildman–Crippen LogP) is 11.6. The molecule has 4 heterocycles. The van der Waals surface area contributed by atoms with Gasteiger partial charge in [0.1, 0.15) is 12.0 Å². The van der Waals surface area contributed by atoms with Crippen LogP contribution in [-0.2, 0) is 0 Å². The maximum Gasteiger partial charge on any atom is 0.159 e. The highest BCUT2D eigenvalue weighted by Crippen LogP contribution is 2.40. The summed E-state index contributed by atoms with van der Waals surface area (Å²) in [4.78, 5) is 10.2. The Labute approximate surface area is 336 Å². The number of rotatable bonds is 5. The Morgan fingerprint density at radius 1 is 0.579 bits per heavy atom. The Bertz CT molecular complexity index is 3390. The van der Waals surface area contributed by atoms with Crippen LogP contribution >= 0.6 is 22.7 Å².